The molecular weight excluding hydrogens is 162 g/mol. The van der Waals surface area contributed by atoms with E-state index in [4.69, 9.17) is 0 Å². The first-order chi connectivity index (χ1) is 6.11. The Labute approximate surface area is 80.2 Å². The third-order valence-corrected chi connectivity index (χ3v) is 2.54. The Bertz CT molecular complexity index is 252. The minimum absolute atomic E-state index is 0.678. The van der Waals surface area contributed by atoms with Crippen LogP contribution in [0.4, 0.5) is 5.95 Å². The van der Waals surface area contributed by atoms with Crippen molar-refractivity contribution < 1.29 is 0 Å². The predicted octanol–water partition coefficient (Wildman–Crippen LogP) is 2.12. The zero-order chi connectivity index (χ0) is 9.84. The molecule has 1 rings (SSSR count). The van der Waals surface area contributed by atoms with E-state index in [9.17, 15) is 0 Å². The summed E-state index contributed by atoms with van der Waals surface area (Å²) < 4.78 is 1.99. The number of imidazole rings is 1. The van der Waals surface area contributed by atoms with Crippen molar-refractivity contribution in [1.82, 2.24) is 9.55 Å². The molecule has 0 aliphatic carbocycles. The van der Waals surface area contributed by atoms with Gasteiger partial charge in [0, 0.05) is 26.0 Å². The van der Waals surface area contributed by atoms with Crippen LogP contribution in [0.3, 0.4) is 0 Å². The number of anilines is 1. The van der Waals surface area contributed by atoms with Gasteiger partial charge in [0.15, 0.2) is 0 Å². The Balaban J connectivity index is 2.39. The molecule has 0 saturated heterocycles. The van der Waals surface area contributed by atoms with Crippen molar-refractivity contribution in [3.05, 3.63) is 12.4 Å². The van der Waals surface area contributed by atoms with E-state index >= 15 is 0 Å². The van der Waals surface area contributed by atoms with Crippen LogP contribution in [0.5, 0.6) is 0 Å². The summed E-state index contributed by atoms with van der Waals surface area (Å²) in [4.78, 5) is 4.20. The minimum Gasteiger partial charge on any atom is -0.355 e. The van der Waals surface area contributed by atoms with Crippen LogP contribution < -0.4 is 5.32 Å². The van der Waals surface area contributed by atoms with E-state index in [1.807, 2.05) is 24.0 Å². The smallest absolute Gasteiger partial charge is 0.202 e. The Hall–Kier alpha value is -0.990. The number of nitrogens with one attached hydrogen (secondary N) is 1. The van der Waals surface area contributed by atoms with Gasteiger partial charge in [-0.3, -0.25) is 0 Å². The summed E-state index contributed by atoms with van der Waals surface area (Å²) in [6.07, 6.45) is 3.75. The van der Waals surface area contributed by atoms with Gasteiger partial charge in [0.1, 0.15) is 0 Å². The Morgan fingerprint density at radius 1 is 1.46 bits per heavy atom. The Kier molecular flexibility index (Phi) is 3.34. The lowest BCUT2D eigenvalue weighted by atomic mass is 9.98. The van der Waals surface area contributed by atoms with Gasteiger partial charge < -0.3 is 9.88 Å². The molecule has 1 heterocycles. The molecule has 3 heteroatoms. The molecule has 0 fully saturated rings. The van der Waals surface area contributed by atoms with Crippen LogP contribution in [0.25, 0.3) is 0 Å². The summed E-state index contributed by atoms with van der Waals surface area (Å²) in [5.41, 5.74) is 0. The van der Waals surface area contributed by atoms with E-state index in [1.165, 1.54) is 0 Å². The van der Waals surface area contributed by atoms with E-state index in [1.54, 1.807) is 0 Å². The fourth-order valence-electron chi connectivity index (χ4n) is 1.02. The molecule has 0 bridgehead atoms. The third kappa shape index (κ3) is 2.76. The highest BCUT2D eigenvalue weighted by Crippen LogP contribution is 2.10. The van der Waals surface area contributed by atoms with Gasteiger partial charge in [-0.05, 0) is 11.8 Å². The van der Waals surface area contributed by atoms with Gasteiger partial charge in [0.2, 0.25) is 5.95 Å². The number of hydrogen-bond acceptors (Lipinski definition) is 2. The standard InChI is InChI=1S/C10H19N3/c1-8(2)9(3)7-12-10-11-5-6-13(10)4/h5-6,8-9H,7H2,1-4H3,(H,11,12). The molecule has 0 aliphatic heterocycles. The zero-order valence-corrected chi connectivity index (χ0v) is 8.91. The fourth-order valence-corrected chi connectivity index (χ4v) is 1.02. The second kappa shape index (κ2) is 4.30. The summed E-state index contributed by atoms with van der Waals surface area (Å²) in [7, 11) is 2.00. The van der Waals surface area contributed by atoms with Gasteiger partial charge in [-0.2, -0.15) is 0 Å². The molecule has 0 spiro atoms. The van der Waals surface area contributed by atoms with Crippen LogP contribution in [0.1, 0.15) is 20.8 Å². The first kappa shape index (κ1) is 10.1. The van der Waals surface area contributed by atoms with E-state index in [0.29, 0.717) is 11.8 Å². The minimum atomic E-state index is 0.678. The summed E-state index contributed by atoms with van der Waals surface area (Å²) in [6.45, 7) is 7.72. The fraction of sp³-hybridized carbons (Fsp3) is 0.700. The molecule has 0 saturated carbocycles. The number of aryl methyl sites for hydroxylation is 1. The van der Waals surface area contributed by atoms with E-state index in [-0.39, 0.29) is 0 Å². The van der Waals surface area contributed by atoms with E-state index in [2.05, 4.69) is 31.1 Å². The van der Waals surface area contributed by atoms with Crippen molar-refractivity contribution in [1.29, 1.82) is 0 Å². The number of nitrogens with zero attached hydrogens (tertiary/aromatic N) is 2. The summed E-state index contributed by atoms with van der Waals surface area (Å²) in [5, 5.41) is 3.33. The van der Waals surface area contributed by atoms with Gasteiger partial charge >= 0.3 is 0 Å². The van der Waals surface area contributed by atoms with Crippen LogP contribution in [0.15, 0.2) is 12.4 Å². The van der Waals surface area contributed by atoms with Crippen LogP contribution in [-0.4, -0.2) is 16.1 Å². The molecule has 1 N–H and O–H groups in total. The van der Waals surface area contributed by atoms with Crippen molar-refractivity contribution in [3.8, 4) is 0 Å². The highest BCUT2D eigenvalue weighted by atomic mass is 15.2. The molecule has 0 aromatic carbocycles. The first-order valence-corrected chi connectivity index (χ1v) is 4.82. The van der Waals surface area contributed by atoms with Gasteiger partial charge in [0.25, 0.3) is 0 Å². The third-order valence-electron chi connectivity index (χ3n) is 2.54. The van der Waals surface area contributed by atoms with Crippen molar-refractivity contribution in [2.24, 2.45) is 18.9 Å². The lowest BCUT2D eigenvalue weighted by molar-refractivity contribution is 0.438. The molecule has 13 heavy (non-hydrogen) atoms. The molecule has 1 aromatic heterocycles. The second-order valence-electron chi connectivity index (χ2n) is 3.96. The molecule has 1 atom stereocenters. The molecule has 1 aromatic rings. The molecule has 0 aliphatic rings. The number of hydrogen-bond donors (Lipinski definition) is 1. The summed E-state index contributed by atoms with van der Waals surface area (Å²) in [6, 6.07) is 0. The highest BCUT2D eigenvalue weighted by molar-refractivity contribution is 5.25. The van der Waals surface area contributed by atoms with Crippen molar-refractivity contribution >= 4 is 5.95 Å². The second-order valence-corrected chi connectivity index (χ2v) is 3.96. The monoisotopic (exact) mass is 181 g/mol. The van der Waals surface area contributed by atoms with Crippen LogP contribution in [-0.2, 0) is 7.05 Å². The molecule has 3 nitrogen and oxygen atoms in total. The van der Waals surface area contributed by atoms with Crippen molar-refractivity contribution in [3.63, 3.8) is 0 Å². The lowest BCUT2D eigenvalue weighted by Crippen LogP contribution is -2.17. The average Bonchev–Trinajstić information content (AvgIpc) is 2.47. The maximum Gasteiger partial charge on any atom is 0.202 e. The maximum atomic E-state index is 4.20. The SMILES string of the molecule is CC(C)C(C)CNc1nccn1C. The van der Waals surface area contributed by atoms with Gasteiger partial charge in [-0.15, -0.1) is 0 Å². The van der Waals surface area contributed by atoms with Crippen molar-refractivity contribution in [2.45, 2.75) is 20.8 Å². The molecule has 0 radical (unpaired) electrons. The van der Waals surface area contributed by atoms with Crippen LogP contribution >= 0.6 is 0 Å². The summed E-state index contributed by atoms with van der Waals surface area (Å²) >= 11 is 0. The maximum absolute atomic E-state index is 4.20. The molecular formula is C10H19N3. The Morgan fingerprint density at radius 3 is 2.62 bits per heavy atom. The van der Waals surface area contributed by atoms with Crippen LogP contribution in [0.2, 0.25) is 0 Å². The topological polar surface area (TPSA) is 29.9 Å². The van der Waals surface area contributed by atoms with Gasteiger partial charge in [-0.1, -0.05) is 20.8 Å². The first-order valence-electron chi connectivity index (χ1n) is 4.82. The summed E-state index contributed by atoms with van der Waals surface area (Å²) in [5.74, 6) is 2.34. The van der Waals surface area contributed by atoms with Gasteiger partial charge in [-0.25, -0.2) is 4.98 Å². The zero-order valence-electron chi connectivity index (χ0n) is 8.91. The number of aromatic nitrogens is 2. The van der Waals surface area contributed by atoms with Gasteiger partial charge in [0.05, 0.1) is 0 Å². The van der Waals surface area contributed by atoms with E-state index < -0.39 is 0 Å². The highest BCUT2D eigenvalue weighted by Gasteiger charge is 2.07. The Morgan fingerprint density at radius 2 is 2.15 bits per heavy atom. The molecule has 1 unspecified atom stereocenters. The molecule has 0 amide bonds. The quantitative estimate of drug-likeness (QED) is 0.771. The molecule has 74 valence electrons. The predicted molar refractivity (Wildman–Crippen MR) is 55.7 cm³/mol. The van der Waals surface area contributed by atoms with Crippen molar-refractivity contribution in [2.75, 3.05) is 11.9 Å². The lowest BCUT2D eigenvalue weighted by Gasteiger charge is -2.16. The van der Waals surface area contributed by atoms with Crippen LogP contribution in [0, 0.1) is 11.8 Å². The normalized spacial score (nSPS) is 13.3. The van der Waals surface area contributed by atoms with E-state index in [0.717, 1.165) is 12.5 Å². The average molecular weight is 181 g/mol. The largest absolute Gasteiger partial charge is 0.355 e. The number of rotatable bonds is 4.